The highest BCUT2D eigenvalue weighted by molar-refractivity contribution is 6.31. The van der Waals surface area contributed by atoms with Gasteiger partial charge in [0.15, 0.2) is 0 Å². The summed E-state index contributed by atoms with van der Waals surface area (Å²) in [5.41, 5.74) is 2.03. The number of amides is 1. The van der Waals surface area contributed by atoms with Gasteiger partial charge >= 0.3 is 5.97 Å². The maximum atomic E-state index is 12.7. The summed E-state index contributed by atoms with van der Waals surface area (Å²) in [6.07, 6.45) is 3.35. The van der Waals surface area contributed by atoms with Gasteiger partial charge < -0.3 is 18.9 Å². The molecule has 6 nitrogen and oxygen atoms in total. The Kier molecular flexibility index (Phi) is 5.75. The summed E-state index contributed by atoms with van der Waals surface area (Å²) in [5.74, 6) is 0.651. The SMILES string of the molecule is COC(=O)c1ccc(OC)c(CC2CCN(C(=O)c3cc(Cl)cn3C)C2)c1. The van der Waals surface area contributed by atoms with Crippen LogP contribution in [0, 0.1) is 5.92 Å². The Morgan fingerprint density at radius 2 is 2.04 bits per heavy atom. The van der Waals surface area contributed by atoms with E-state index in [1.165, 1.54) is 7.11 Å². The number of benzene rings is 1. The summed E-state index contributed by atoms with van der Waals surface area (Å²) >= 11 is 5.99. The third-order valence-corrected chi connectivity index (χ3v) is 5.18. The lowest BCUT2D eigenvalue weighted by molar-refractivity contribution is 0.0600. The van der Waals surface area contributed by atoms with Gasteiger partial charge in [-0.25, -0.2) is 4.79 Å². The molecule has 1 amide bonds. The van der Waals surface area contributed by atoms with E-state index in [1.807, 2.05) is 18.0 Å². The van der Waals surface area contributed by atoms with Crippen LogP contribution in [0.5, 0.6) is 5.75 Å². The van der Waals surface area contributed by atoms with Crippen molar-refractivity contribution >= 4 is 23.5 Å². The molecule has 1 aromatic carbocycles. The number of carbonyl (C=O) groups excluding carboxylic acids is 2. The van der Waals surface area contributed by atoms with Crippen molar-refractivity contribution in [2.24, 2.45) is 13.0 Å². The summed E-state index contributed by atoms with van der Waals surface area (Å²) in [5, 5.41) is 0.556. The predicted octanol–water partition coefficient (Wildman–Crippen LogP) is 3.18. The number of rotatable bonds is 5. The van der Waals surface area contributed by atoms with Crippen molar-refractivity contribution in [3.8, 4) is 5.75 Å². The molecule has 1 aliphatic rings. The number of hydrogen-bond donors (Lipinski definition) is 0. The van der Waals surface area contributed by atoms with Crippen molar-refractivity contribution in [3.05, 3.63) is 52.3 Å². The zero-order valence-corrected chi connectivity index (χ0v) is 16.5. The van der Waals surface area contributed by atoms with Crippen LogP contribution in [0.15, 0.2) is 30.5 Å². The van der Waals surface area contributed by atoms with Crippen molar-refractivity contribution < 1.29 is 19.1 Å². The number of aromatic nitrogens is 1. The first-order valence-electron chi connectivity index (χ1n) is 8.79. The minimum absolute atomic E-state index is 0.0119. The number of methoxy groups -OCH3 is 2. The summed E-state index contributed by atoms with van der Waals surface area (Å²) in [7, 11) is 4.79. The molecule has 2 aromatic rings. The fraction of sp³-hybridized carbons (Fsp3) is 0.400. The van der Waals surface area contributed by atoms with Gasteiger partial charge in [-0.2, -0.15) is 0 Å². The molecule has 1 aromatic heterocycles. The Morgan fingerprint density at radius 1 is 1.26 bits per heavy atom. The molecule has 1 aliphatic heterocycles. The zero-order chi connectivity index (χ0) is 19.6. The summed E-state index contributed by atoms with van der Waals surface area (Å²) in [4.78, 5) is 26.4. The van der Waals surface area contributed by atoms with Crippen LogP contribution in [0.2, 0.25) is 5.02 Å². The molecule has 0 spiro atoms. The lowest BCUT2D eigenvalue weighted by atomic mass is 9.96. The topological polar surface area (TPSA) is 60.8 Å². The molecule has 144 valence electrons. The maximum absolute atomic E-state index is 12.7. The van der Waals surface area contributed by atoms with Crippen LogP contribution in [0.25, 0.3) is 0 Å². The van der Waals surface area contributed by atoms with Gasteiger partial charge in [0.2, 0.25) is 0 Å². The van der Waals surface area contributed by atoms with Crippen molar-refractivity contribution in [2.75, 3.05) is 27.3 Å². The third kappa shape index (κ3) is 4.11. The normalized spacial score (nSPS) is 16.4. The lowest BCUT2D eigenvalue weighted by Crippen LogP contribution is -2.30. The Labute approximate surface area is 163 Å². The van der Waals surface area contributed by atoms with Gasteiger partial charge in [-0.15, -0.1) is 0 Å². The molecule has 3 rings (SSSR count). The molecule has 0 radical (unpaired) electrons. The summed E-state index contributed by atoms with van der Waals surface area (Å²) < 4.78 is 12.0. The molecular weight excluding hydrogens is 368 g/mol. The molecule has 2 heterocycles. The van der Waals surface area contributed by atoms with Crippen molar-refractivity contribution in [1.29, 1.82) is 0 Å². The van der Waals surface area contributed by atoms with Gasteiger partial charge in [0, 0.05) is 26.3 Å². The second-order valence-corrected chi connectivity index (χ2v) is 7.22. The second kappa shape index (κ2) is 8.05. The van der Waals surface area contributed by atoms with Crippen LogP contribution < -0.4 is 4.74 Å². The van der Waals surface area contributed by atoms with Crippen molar-refractivity contribution in [1.82, 2.24) is 9.47 Å². The monoisotopic (exact) mass is 390 g/mol. The van der Waals surface area contributed by atoms with Crippen LogP contribution in [0.4, 0.5) is 0 Å². The molecular formula is C20H23ClN2O4. The van der Waals surface area contributed by atoms with Crippen LogP contribution in [-0.2, 0) is 18.2 Å². The number of halogens is 1. The van der Waals surface area contributed by atoms with Crippen LogP contribution in [0.1, 0.15) is 32.8 Å². The van der Waals surface area contributed by atoms with Gasteiger partial charge in [0.25, 0.3) is 5.91 Å². The first-order valence-corrected chi connectivity index (χ1v) is 9.17. The van der Waals surface area contributed by atoms with Crippen molar-refractivity contribution in [2.45, 2.75) is 12.8 Å². The minimum atomic E-state index is -0.372. The molecule has 1 saturated heterocycles. The molecule has 0 bridgehead atoms. The average Bonchev–Trinajstić information content (AvgIpc) is 3.26. The van der Waals surface area contributed by atoms with E-state index >= 15 is 0 Å². The molecule has 0 saturated carbocycles. The standard InChI is InChI=1S/C20H23ClN2O4/c1-22-12-16(21)10-17(22)19(24)23-7-6-13(11-23)8-15-9-14(20(25)27-3)4-5-18(15)26-2/h4-5,9-10,12-13H,6-8,11H2,1-3H3. The highest BCUT2D eigenvalue weighted by atomic mass is 35.5. The molecule has 1 fully saturated rings. The Balaban J connectivity index is 1.72. The second-order valence-electron chi connectivity index (χ2n) is 6.78. The quantitative estimate of drug-likeness (QED) is 0.736. The van der Waals surface area contributed by atoms with E-state index in [2.05, 4.69) is 0 Å². The molecule has 0 N–H and O–H groups in total. The van der Waals surface area contributed by atoms with Crippen molar-refractivity contribution in [3.63, 3.8) is 0 Å². The minimum Gasteiger partial charge on any atom is -0.496 e. The Hall–Kier alpha value is -2.47. The van der Waals surface area contributed by atoms with Gasteiger partial charge in [0.1, 0.15) is 11.4 Å². The summed E-state index contributed by atoms with van der Waals surface area (Å²) in [6.45, 7) is 1.36. The van der Waals surface area contributed by atoms with E-state index in [1.54, 1.807) is 36.1 Å². The molecule has 27 heavy (non-hydrogen) atoms. The first kappa shape index (κ1) is 19.3. The predicted molar refractivity (Wildman–Crippen MR) is 102 cm³/mol. The smallest absolute Gasteiger partial charge is 0.337 e. The lowest BCUT2D eigenvalue weighted by Gasteiger charge is -2.18. The number of ether oxygens (including phenoxy) is 2. The van der Waals surface area contributed by atoms with Gasteiger partial charge in [-0.1, -0.05) is 11.6 Å². The van der Waals surface area contributed by atoms with Gasteiger partial charge in [-0.05, 0) is 48.6 Å². The number of esters is 1. The molecule has 7 heteroatoms. The molecule has 1 unspecified atom stereocenters. The average molecular weight is 391 g/mol. The van der Waals surface area contributed by atoms with E-state index in [0.29, 0.717) is 35.3 Å². The number of likely N-dealkylation sites (tertiary alicyclic amines) is 1. The van der Waals surface area contributed by atoms with Crippen LogP contribution >= 0.6 is 11.6 Å². The fourth-order valence-electron chi connectivity index (χ4n) is 3.58. The largest absolute Gasteiger partial charge is 0.496 e. The Morgan fingerprint density at radius 3 is 2.67 bits per heavy atom. The van der Waals surface area contributed by atoms with E-state index in [4.69, 9.17) is 21.1 Å². The highest BCUT2D eigenvalue weighted by Crippen LogP contribution is 2.28. The highest BCUT2D eigenvalue weighted by Gasteiger charge is 2.29. The van der Waals surface area contributed by atoms with E-state index in [9.17, 15) is 9.59 Å². The van der Waals surface area contributed by atoms with Crippen LogP contribution in [0.3, 0.4) is 0 Å². The molecule has 0 aliphatic carbocycles. The van der Waals surface area contributed by atoms with Gasteiger partial charge in [-0.3, -0.25) is 4.79 Å². The first-order chi connectivity index (χ1) is 12.9. The fourth-order valence-corrected chi connectivity index (χ4v) is 3.83. The number of aryl methyl sites for hydroxylation is 1. The van der Waals surface area contributed by atoms with E-state index < -0.39 is 0 Å². The molecule has 1 atom stereocenters. The van der Waals surface area contributed by atoms with Gasteiger partial charge in [0.05, 0.1) is 24.8 Å². The van der Waals surface area contributed by atoms with E-state index in [0.717, 1.165) is 24.2 Å². The summed E-state index contributed by atoms with van der Waals surface area (Å²) in [6, 6.07) is 6.98. The maximum Gasteiger partial charge on any atom is 0.337 e. The number of nitrogens with zero attached hydrogens (tertiary/aromatic N) is 2. The van der Waals surface area contributed by atoms with E-state index in [-0.39, 0.29) is 11.9 Å². The van der Waals surface area contributed by atoms with Crippen LogP contribution in [-0.4, -0.2) is 48.7 Å². The number of hydrogen-bond acceptors (Lipinski definition) is 4. The Bertz CT molecular complexity index is 862. The number of carbonyl (C=O) groups is 2. The zero-order valence-electron chi connectivity index (χ0n) is 15.7. The third-order valence-electron chi connectivity index (χ3n) is 4.97.